The van der Waals surface area contributed by atoms with E-state index in [1.807, 2.05) is 31.2 Å². The Kier molecular flexibility index (Phi) is 6.15. The molecule has 1 amide bonds. The first-order valence-corrected chi connectivity index (χ1v) is 9.15. The molecule has 0 aliphatic rings. The molecule has 0 aliphatic heterocycles. The monoisotopic (exact) mass is 339 g/mol. The van der Waals surface area contributed by atoms with Gasteiger partial charge in [-0.15, -0.1) is 23.1 Å². The highest BCUT2D eigenvalue weighted by Gasteiger charge is 2.09. The number of benzene rings is 1. The fourth-order valence-corrected chi connectivity index (χ4v) is 4.08. The lowest BCUT2D eigenvalue weighted by Gasteiger charge is -2.12. The van der Waals surface area contributed by atoms with E-state index in [-0.39, 0.29) is 5.91 Å². The van der Waals surface area contributed by atoms with Crippen molar-refractivity contribution in [2.24, 2.45) is 0 Å². The molecule has 0 aliphatic carbocycles. The maximum atomic E-state index is 12.1. The fraction of sp³-hybridized carbons (Fsp3) is 0.312. The van der Waals surface area contributed by atoms with E-state index in [1.165, 1.54) is 10.4 Å². The Morgan fingerprint density at radius 1 is 1.33 bits per heavy atom. The number of rotatable bonds is 6. The van der Waals surface area contributed by atoms with Crippen molar-refractivity contribution in [1.82, 2.24) is 0 Å². The molecule has 1 N–H and O–H groups in total. The first-order chi connectivity index (χ1) is 10.1. The van der Waals surface area contributed by atoms with Crippen molar-refractivity contribution in [1.29, 1.82) is 0 Å². The van der Waals surface area contributed by atoms with E-state index >= 15 is 0 Å². The lowest BCUT2D eigenvalue weighted by Crippen LogP contribution is -2.16. The fourth-order valence-electron chi connectivity index (χ4n) is 2.05. The van der Waals surface area contributed by atoms with Crippen molar-refractivity contribution < 1.29 is 4.79 Å². The average molecular weight is 340 g/mol. The summed E-state index contributed by atoms with van der Waals surface area (Å²) in [6.07, 6.45) is 0.915. The van der Waals surface area contributed by atoms with Crippen LogP contribution in [0.3, 0.4) is 0 Å². The predicted octanol–water partition coefficient (Wildman–Crippen LogP) is 5.14. The normalized spacial score (nSPS) is 10.6. The van der Waals surface area contributed by atoms with Crippen LogP contribution < -0.4 is 5.32 Å². The second kappa shape index (κ2) is 7.87. The minimum absolute atomic E-state index is 0.0478. The number of amides is 1. The van der Waals surface area contributed by atoms with Gasteiger partial charge < -0.3 is 5.32 Å². The van der Waals surface area contributed by atoms with E-state index in [0.717, 1.165) is 27.8 Å². The van der Waals surface area contributed by atoms with E-state index in [0.29, 0.717) is 5.75 Å². The van der Waals surface area contributed by atoms with Gasteiger partial charge in [0.1, 0.15) is 0 Å². The number of anilines is 1. The Morgan fingerprint density at radius 3 is 2.81 bits per heavy atom. The minimum atomic E-state index is 0.0478. The van der Waals surface area contributed by atoms with Gasteiger partial charge in [-0.25, -0.2) is 0 Å². The summed E-state index contributed by atoms with van der Waals surface area (Å²) in [7, 11) is 0. The van der Waals surface area contributed by atoms with Crippen LogP contribution in [0.5, 0.6) is 0 Å². The molecule has 0 fully saturated rings. The number of thioether (sulfide) groups is 1. The number of halogens is 1. The van der Waals surface area contributed by atoms with Crippen LogP contribution in [-0.2, 0) is 17.0 Å². The molecule has 0 unspecified atom stereocenters. The molecule has 5 heteroatoms. The average Bonchev–Trinajstić information content (AvgIpc) is 2.86. The van der Waals surface area contributed by atoms with Crippen LogP contribution in [0.1, 0.15) is 22.9 Å². The topological polar surface area (TPSA) is 29.1 Å². The van der Waals surface area contributed by atoms with Crippen molar-refractivity contribution in [3.8, 4) is 0 Å². The number of carbonyl (C=O) groups excluding carboxylic acids is 1. The van der Waals surface area contributed by atoms with Crippen LogP contribution in [0.2, 0.25) is 4.34 Å². The summed E-state index contributed by atoms with van der Waals surface area (Å²) in [5.41, 5.74) is 3.25. The molecular formula is C16H18ClNOS2. The third-order valence-corrected chi connectivity index (χ3v) is 5.51. The molecule has 0 radical (unpaired) electrons. The number of thiophene rings is 1. The second-order valence-electron chi connectivity index (χ2n) is 4.71. The zero-order valence-electron chi connectivity index (χ0n) is 12.1. The molecule has 0 bridgehead atoms. The summed E-state index contributed by atoms with van der Waals surface area (Å²) in [5, 5.41) is 3.04. The molecule has 0 saturated carbocycles. The number of hydrogen-bond donors (Lipinski definition) is 1. The van der Waals surface area contributed by atoms with Gasteiger partial charge in [0, 0.05) is 16.3 Å². The standard InChI is InChI=1S/C16H18ClNOS2/c1-3-12-6-4-5-11(2)16(12)18-15(19)10-20-9-13-7-8-14(17)21-13/h4-8H,3,9-10H2,1-2H3,(H,18,19). The van der Waals surface area contributed by atoms with E-state index in [2.05, 4.69) is 18.3 Å². The first kappa shape index (κ1) is 16.4. The van der Waals surface area contributed by atoms with Gasteiger partial charge in [0.05, 0.1) is 10.1 Å². The lowest BCUT2D eigenvalue weighted by atomic mass is 10.1. The molecule has 2 nitrogen and oxygen atoms in total. The van der Waals surface area contributed by atoms with Crippen LogP contribution >= 0.6 is 34.7 Å². The molecule has 21 heavy (non-hydrogen) atoms. The molecule has 1 aromatic heterocycles. The molecule has 1 aromatic carbocycles. The summed E-state index contributed by atoms with van der Waals surface area (Å²) in [6.45, 7) is 4.12. The summed E-state index contributed by atoms with van der Waals surface area (Å²) >= 11 is 9.06. The zero-order valence-corrected chi connectivity index (χ0v) is 14.5. The van der Waals surface area contributed by atoms with Gasteiger partial charge in [0.15, 0.2) is 0 Å². The molecule has 2 rings (SSSR count). The van der Waals surface area contributed by atoms with E-state index < -0.39 is 0 Å². The van der Waals surface area contributed by atoms with Crippen molar-refractivity contribution in [2.45, 2.75) is 26.0 Å². The van der Waals surface area contributed by atoms with E-state index in [4.69, 9.17) is 11.6 Å². The van der Waals surface area contributed by atoms with Crippen LogP contribution in [0.25, 0.3) is 0 Å². The zero-order chi connectivity index (χ0) is 15.2. The third-order valence-electron chi connectivity index (χ3n) is 3.11. The Hall–Kier alpha value is -0.970. The highest BCUT2D eigenvalue weighted by molar-refractivity contribution is 7.99. The molecule has 0 atom stereocenters. The number of hydrogen-bond acceptors (Lipinski definition) is 3. The molecule has 0 spiro atoms. The Balaban J connectivity index is 1.87. The Labute approximate surface area is 138 Å². The summed E-state index contributed by atoms with van der Waals surface area (Å²) < 4.78 is 0.794. The highest BCUT2D eigenvalue weighted by Crippen LogP contribution is 2.25. The number of aryl methyl sites for hydroxylation is 2. The number of carbonyl (C=O) groups is 1. The van der Waals surface area contributed by atoms with Crippen molar-refractivity contribution in [3.05, 3.63) is 50.7 Å². The van der Waals surface area contributed by atoms with Gasteiger partial charge in [-0.3, -0.25) is 4.79 Å². The van der Waals surface area contributed by atoms with E-state index in [1.54, 1.807) is 23.1 Å². The summed E-state index contributed by atoms with van der Waals surface area (Å²) in [4.78, 5) is 13.3. The number of nitrogens with one attached hydrogen (secondary N) is 1. The largest absolute Gasteiger partial charge is 0.325 e. The van der Waals surface area contributed by atoms with Gasteiger partial charge in [0.25, 0.3) is 0 Å². The maximum absolute atomic E-state index is 12.1. The highest BCUT2D eigenvalue weighted by atomic mass is 35.5. The Bertz CT molecular complexity index is 624. The van der Waals surface area contributed by atoms with Crippen molar-refractivity contribution in [2.75, 3.05) is 11.1 Å². The van der Waals surface area contributed by atoms with Gasteiger partial charge in [-0.2, -0.15) is 0 Å². The number of para-hydroxylation sites is 1. The van der Waals surface area contributed by atoms with E-state index in [9.17, 15) is 4.79 Å². The van der Waals surface area contributed by atoms with Gasteiger partial charge >= 0.3 is 0 Å². The van der Waals surface area contributed by atoms with Crippen LogP contribution in [0.4, 0.5) is 5.69 Å². The quantitative estimate of drug-likeness (QED) is 0.789. The van der Waals surface area contributed by atoms with Crippen molar-refractivity contribution >= 4 is 46.3 Å². The van der Waals surface area contributed by atoms with Crippen LogP contribution in [0, 0.1) is 6.92 Å². The minimum Gasteiger partial charge on any atom is -0.325 e. The maximum Gasteiger partial charge on any atom is 0.234 e. The smallest absolute Gasteiger partial charge is 0.234 e. The van der Waals surface area contributed by atoms with Gasteiger partial charge in [-0.05, 0) is 36.6 Å². The van der Waals surface area contributed by atoms with Crippen LogP contribution in [-0.4, -0.2) is 11.7 Å². The molecular weight excluding hydrogens is 322 g/mol. The van der Waals surface area contributed by atoms with Crippen LogP contribution in [0.15, 0.2) is 30.3 Å². The van der Waals surface area contributed by atoms with Gasteiger partial charge in [0.2, 0.25) is 5.91 Å². The first-order valence-electron chi connectivity index (χ1n) is 6.80. The molecule has 0 saturated heterocycles. The predicted molar refractivity (Wildman–Crippen MR) is 94.7 cm³/mol. The molecule has 2 aromatic rings. The lowest BCUT2D eigenvalue weighted by molar-refractivity contribution is -0.113. The summed E-state index contributed by atoms with van der Waals surface area (Å²) in [5.74, 6) is 1.32. The van der Waals surface area contributed by atoms with Crippen molar-refractivity contribution in [3.63, 3.8) is 0 Å². The Morgan fingerprint density at radius 2 is 2.14 bits per heavy atom. The SMILES string of the molecule is CCc1cccc(C)c1NC(=O)CSCc1ccc(Cl)s1. The second-order valence-corrected chi connectivity index (χ2v) is 7.49. The molecule has 112 valence electrons. The summed E-state index contributed by atoms with van der Waals surface area (Å²) in [6, 6.07) is 10.0. The molecule has 1 heterocycles. The van der Waals surface area contributed by atoms with Gasteiger partial charge in [-0.1, -0.05) is 36.7 Å². The third kappa shape index (κ3) is 4.77.